The highest BCUT2D eigenvalue weighted by Gasteiger charge is 2.35. The van der Waals surface area contributed by atoms with Crippen LogP contribution in [0.4, 0.5) is 0 Å². The highest BCUT2D eigenvalue weighted by molar-refractivity contribution is 8.01. The minimum Gasteiger partial charge on any atom is -0.281 e. The van der Waals surface area contributed by atoms with E-state index in [2.05, 4.69) is 13.6 Å². The maximum absolute atomic E-state index is 2.85. The molecule has 0 amide bonds. The molecule has 0 aromatic carbocycles. The summed E-state index contributed by atoms with van der Waals surface area (Å²) in [5, 5.41) is 0. The van der Waals surface area contributed by atoms with Crippen molar-refractivity contribution in [1.82, 2.24) is 4.67 Å². The van der Waals surface area contributed by atoms with Gasteiger partial charge in [-0.25, -0.2) is 0 Å². The Balaban J connectivity index is 1.94. The molecule has 4 unspecified atom stereocenters. The van der Waals surface area contributed by atoms with Gasteiger partial charge in [0.1, 0.15) is 0 Å². The molecular weight excluding hydrogens is 160 g/mol. The summed E-state index contributed by atoms with van der Waals surface area (Å²) in [5.41, 5.74) is 0. The summed E-state index contributed by atoms with van der Waals surface area (Å²) < 4.78 is 2.60. The van der Waals surface area contributed by atoms with Crippen LogP contribution < -0.4 is 0 Å². The largest absolute Gasteiger partial charge is 0.281 e. The molecule has 4 atom stereocenters. The van der Waals surface area contributed by atoms with Gasteiger partial charge in [0.15, 0.2) is 0 Å². The Bertz CT molecular complexity index is 117. The zero-order chi connectivity index (χ0) is 6.97. The van der Waals surface area contributed by atoms with E-state index in [1.807, 2.05) is 0 Å². The zero-order valence-electron chi connectivity index (χ0n) is 6.21. The highest BCUT2D eigenvalue weighted by Crippen LogP contribution is 2.43. The van der Waals surface area contributed by atoms with Crippen molar-refractivity contribution in [3.05, 3.63) is 0 Å². The van der Waals surface area contributed by atoms with Gasteiger partial charge in [0.25, 0.3) is 0 Å². The van der Waals surface area contributed by atoms with Crippen LogP contribution in [0.5, 0.6) is 0 Å². The Morgan fingerprint density at radius 2 is 1.80 bits per heavy atom. The van der Waals surface area contributed by atoms with Gasteiger partial charge in [-0.1, -0.05) is 15.3 Å². The van der Waals surface area contributed by atoms with Crippen LogP contribution in [-0.4, -0.2) is 17.8 Å². The average molecular weight is 175 g/mol. The fourth-order valence-electron chi connectivity index (χ4n) is 2.34. The average Bonchev–Trinajstić information content (AvgIpc) is 2.42. The molecule has 2 rings (SSSR count). The molecule has 0 radical (unpaired) electrons. The summed E-state index contributed by atoms with van der Waals surface area (Å²) in [6, 6.07) is 0. The van der Waals surface area contributed by atoms with Gasteiger partial charge in [0.05, 0.1) is 0 Å². The van der Waals surface area contributed by atoms with Gasteiger partial charge in [0, 0.05) is 13.1 Å². The molecule has 0 spiro atoms. The first-order chi connectivity index (χ1) is 4.90. The molecule has 3 heteroatoms. The van der Waals surface area contributed by atoms with Crippen molar-refractivity contribution in [1.29, 1.82) is 0 Å². The summed E-state index contributed by atoms with van der Waals surface area (Å²) in [6.45, 7) is 2.79. The Morgan fingerprint density at radius 1 is 1.20 bits per heavy atom. The molecule has 10 heavy (non-hydrogen) atoms. The molecule has 1 saturated heterocycles. The lowest BCUT2D eigenvalue weighted by Crippen LogP contribution is -2.08. The SMILES string of the molecule is PPN1CC2CCCC2C1. The van der Waals surface area contributed by atoms with Crippen molar-refractivity contribution >= 4 is 17.3 Å². The van der Waals surface area contributed by atoms with Gasteiger partial charge in [-0.15, -0.1) is 0 Å². The third-order valence-corrected chi connectivity index (χ3v) is 4.73. The minimum absolute atomic E-state index is 0.970. The topological polar surface area (TPSA) is 3.24 Å². The molecule has 0 aromatic rings. The molecule has 0 bridgehead atoms. The van der Waals surface area contributed by atoms with E-state index in [0.717, 1.165) is 20.3 Å². The Hall–Kier alpha value is 0.820. The van der Waals surface area contributed by atoms with Crippen molar-refractivity contribution in [2.75, 3.05) is 13.1 Å². The van der Waals surface area contributed by atoms with E-state index in [1.165, 1.54) is 32.4 Å². The lowest BCUT2D eigenvalue weighted by Gasteiger charge is -2.11. The van der Waals surface area contributed by atoms with Crippen LogP contribution in [0.25, 0.3) is 0 Å². The standard InChI is InChI=1S/C7H15NP2/c9-10-8-4-6-2-1-3-7(6)5-8/h6-7,10H,1-5,9H2. The van der Waals surface area contributed by atoms with Crippen molar-refractivity contribution < 1.29 is 0 Å². The predicted octanol–water partition coefficient (Wildman–Crippen LogP) is 2.10. The molecule has 1 aliphatic heterocycles. The normalized spacial score (nSPS) is 41.7. The molecule has 2 aliphatic rings. The Kier molecular flexibility index (Phi) is 2.28. The van der Waals surface area contributed by atoms with E-state index in [-0.39, 0.29) is 0 Å². The molecule has 58 valence electrons. The van der Waals surface area contributed by atoms with E-state index in [4.69, 9.17) is 0 Å². The van der Waals surface area contributed by atoms with Crippen LogP contribution in [-0.2, 0) is 0 Å². The summed E-state index contributed by atoms with van der Waals surface area (Å²) >= 11 is 0. The van der Waals surface area contributed by atoms with Gasteiger partial charge < -0.3 is 0 Å². The van der Waals surface area contributed by atoms with Gasteiger partial charge in [0.2, 0.25) is 0 Å². The zero-order valence-corrected chi connectivity index (χ0v) is 8.37. The maximum atomic E-state index is 2.85. The fraction of sp³-hybridized carbons (Fsp3) is 1.00. The smallest absolute Gasteiger partial charge is 0.00531 e. The molecule has 0 aromatic heterocycles. The van der Waals surface area contributed by atoms with E-state index in [9.17, 15) is 0 Å². The van der Waals surface area contributed by atoms with Crippen molar-refractivity contribution in [2.45, 2.75) is 19.3 Å². The predicted molar refractivity (Wildman–Crippen MR) is 50.4 cm³/mol. The lowest BCUT2D eigenvalue weighted by atomic mass is 10.0. The van der Waals surface area contributed by atoms with E-state index in [1.54, 1.807) is 0 Å². The third kappa shape index (κ3) is 1.24. The van der Waals surface area contributed by atoms with Crippen molar-refractivity contribution in [3.63, 3.8) is 0 Å². The van der Waals surface area contributed by atoms with Crippen LogP contribution in [0.2, 0.25) is 0 Å². The second-order valence-corrected chi connectivity index (χ2v) is 5.15. The molecular formula is C7H15NP2. The fourth-order valence-corrected chi connectivity index (χ4v) is 3.65. The van der Waals surface area contributed by atoms with Gasteiger partial charge >= 0.3 is 0 Å². The van der Waals surface area contributed by atoms with Crippen LogP contribution in [0, 0.1) is 11.8 Å². The summed E-state index contributed by atoms with van der Waals surface area (Å²) in [5.74, 6) is 2.15. The maximum Gasteiger partial charge on any atom is 0.00531 e. The first kappa shape index (κ1) is 7.47. The second kappa shape index (κ2) is 3.05. The number of fused-ring (bicyclic) bond motifs is 1. The Labute approximate surface area is 66.9 Å². The monoisotopic (exact) mass is 175 g/mol. The number of hydrogen-bond donors (Lipinski definition) is 0. The summed E-state index contributed by atoms with van der Waals surface area (Å²) in [7, 11) is 3.82. The lowest BCUT2D eigenvalue weighted by molar-refractivity contribution is 0.494. The van der Waals surface area contributed by atoms with E-state index in [0.29, 0.717) is 0 Å². The van der Waals surface area contributed by atoms with Gasteiger partial charge in [-0.3, -0.25) is 4.67 Å². The molecule has 1 nitrogen and oxygen atoms in total. The van der Waals surface area contributed by atoms with Crippen molar-refractivity contribution in [3.8, 4) is 0 Å². The number of nitrogens with zero attached hydrogens (tertiary/aromatic N) is 1. The highest BCUT2D eigenvalue weighted by atomic mass is 32.0. The van der Waals surface area contributed by atoms with Crippen LogP contribution in [0.15, 0.2) is 0 Å². The quantitative estimate of drug-likeness (QED) is 0.551. The van der Waals surface area contributed by atoms with Gasteiger partial charge in [-0.05, 0) is 33.1 Å². The number of rotatable bonds is 1. The molecule has 1 heterocycles. The third-order valence-electron chi connectivity index (χ3n) is 2.91. The Morgan fingerprint density at radius 3 is 2.30 bits per heavy atom. The first-order valence-corrected chi connectivity index (χ1v) is 6.87. The summed E-state index contributed by atoms with van der Waals surface area (Å²) in [4.78, 5) is 0. The molecule has 0 N–H and O–H groups in total. The molecule has 1 saturated carbocycles. The second-order valence-electron chi connectivity index (χ2n) is 3.49. The molecule has 2 fully saturated rings. The number of hydrogen-bond acceptors (Lipinski definition) is 1. The van der Waals surface area contributed by atoms with Crippen LogP contribution in [0.1, 0.15) is 19.3 Å². The van der Waals surface area contributed by atoms with Gasteiger partial charge in [-0.2, -0.15) is 0 Å². The minimum atomic E-state index is 0.970. The van der Waals surface area contributed by atoms with E-state index >= 15 is 0 Å². The van der Waals surface area contributed by atoms with Crippen molar-refractivity contribution in [2.24, 2.45) is 11.8 Å². The summed E-state index contributed by atoms with van der Waals surface area (Å²) in [6.07, 6.45) is 4.52. The van der Waals surface area contributed by atoms with Crippen LogP contribution >= 0.6 is 17.3 Å². The van der Waals surface area contributed by atoms with E-state index < -0.39 is 0 Å². The first-order valence-electron chi connectivity index (χ1n) is 4.11. The molecule has 1 aliphatic carbocycles. The van der Waals surface area contributed by atoms with Crippen LogP contribution in [0.3, 0.4) is 0 Å².